The largest absolute Gasteiger partial charge is 0.309 e. The summed E-state index contributed by atoms with van der Waals surface area (Å²) in [6, 6.07) is 0. The van der Waals surface area contributed by atoms with Crippen molar-refractivity contribution in [3.05, 3.63) is 24.4 Å². The molecule has 0 aromatic rings. The third-order valence-electron chi connectivity index (χ3n) is 3.11. The minimum absolute atomic E-state index is 0.0211. The van der Waals surface area contributed by atoms with Gasteiger partial charge in [-0.25, -0.2) is 0 Å². The highest BCUT2D eigenvalue weighted by atomic mass is 16.2. The molecule has 0 saturated carbocycles. The van der Waals surface area contributed by atoms with Crippen molar-refractivity contribution in [1.82, 2.24) is 4.90 Å². The second kappa shape index (κ2) is 7.14. The van der Waals surface area contributed by atoms with E-state index < -0.39 is 0 Å². The zero-order chi connectivity index (χ0) is 13.5. The maximum Gasteiger partial charge on any atom is 0.251 e. The van der Waals surface area contributed by atoms with Gasteiger partial charge in [-0.15, -0.1) is 0 Å². The first-order chi connectivity index (χ1) is 8.50. The second-order valence-corrected chi connectivity index (χ2v) is 5.24. The molecule has 0 unspecified atom stereocenters. The number of hydrogen-bond donors (Lipinski definition) is 0. The van der Waals surface area contributed by atoms with Gasteiger partial charge in [-0.3, -0.25) is 9.59 Å². The zero-order valence-electron chi connectivity index (χ0n) is 11.4. The summed E-state index contributed by atoms with van der Waals surface area (Å²) in [4.78, 5) is 24.6. The van der Waals surface area contributed by atoms with E-state index in [9.17, 15) is 9.59 Å². The molecule has 1 aliphatic heterocycles. The number of nitrogens with zero attached hydrogens (tertiary/aromatic N) is 1. The van der Waals surface area contributed by atoms with Crippen LogP contribution in [0.3, 0.4) is 0 Å². The molecule has 0 bridgehead atoms. The summed E-state index contributed by atoms with van der Waals surface area (Å²) in [6.07, 6.45) is 7.29. The molecule has 3 nitrogen and oxygen atoms in total. The molecule has 0 N–H and O–H groups in total. The van der Waals surface area contributed by atoms with Crippen LogP contribution in [0.15, 0.2) is 24.4 Å². The number of carbonyl (C=O) groups is 2. The van der Waals surface area contributed by atoms with Gasteiger partial charge in [0.05, 0.1) is 0 Å². The van der Waals surface area contributed by atoms with Crippen LogP contribution < -0.4 is 0 Å². The Morgan fingerprint density at radius 2 is 1.94 bits per heavy atom. The molecular formula is C15H23NO2. The summed E-state index contributed by atoms with van der Waals surface area (Å²) in [5.41, 5.74) is 0.729. The van der Waals surface area contributed by atoms with Crippen molar-refractivity contribution in [2.75, 3.05) is 6.54 Å². The topological polar surface area (TPSA) is 37.4 Å². The first kappa shape index (κ1) is 14.7. The van der Waals surface area contributed by atoms with E-state index in [1.807, 2.05) is 0 Å². The lowest BCUT2D eigenvalue weighted by atomic mass is 10.0. The second-order valence-electron chi connectivity index (χ2n) is 5.24. The van der Waals surface area contributed by atoms with Crippen molar-refractivity contribution in [3.63, 3.8) is 0 Å². The highest BCUT2D eigenvalue weighted by Crippen LogP contribution is 2.14. The fourth-order valence-electron chi connectivity index (χ4n) is 2.01. The molecule has 1 rings (SSSR count). The van der Waals surface area contributed by atoms with E-state index in [2.05, 4.69) is 20.4 Å². The predicted molar refractivity (Wildman–Crippen MR) is 72.9 cm³/mol. The van der Waals surface area contributed by atoms with Crippen LogP contribution in [0.2, 0.25) is 0 Å². The molecule has 0 aliphatic carbocycles. The third-order valence-corrected chi connectivity index (χ3v) is 3.11. The Balaban J connectivity index is 2.12. The summed E-state index contributed by atoms with van der Waals surface area (Å²) in [6.45, 7) is 8.72. The number of carbonyl (C=O) groups excluding carboxylic acids is 2. The van der Waals surface area contributed by atoms with E-state index in [0.29, 0.717) is 31.1 Å². The first-order valence-corrected chi connectivity index (χ1v) is 6.71. The van der Waals surface area contributed by atoms with Gasteiger partial charge in [0.1, 0.15) is 5.78 Å². The van der Waals surface area contributed by atoms with Gasteiger partial charge in [0.2, 0.25) is 0 Å². The van der Waals surface area contributed by atoms with Crippen molar-refractivity contribution in [2.24, 2.45) is 5.92 Å². The van der Waals surface area contributed by atoms with E-state index in [1.165, 1.54) is 6.08 Å². The minimum atomic E-state index is -0.0211. The number of rotatable bonds is 8. The van der Waals surface area contributed by atoms with Gasteiger partial charge in [-0.05, 0) is 24.8 Å². The Hall–Kier alpha value is -1.38. The molecule has 3 heteroatoms. The predicted octanol–water partition coefficient (Wildman–Crippen LogP) is 3.07. The molecule has 0 atom stereocenters. The average Bonchev–Trinajstić information content (AvgIpc) is 2.60. The van der Waals surface area contributed by atoms with Gasteiger partial charge in [-0.2, -0.15) is 0 Å². The quantitative estimate of drug-likeness (QED) is 0.663. The number of allylic oxidation sites excluding steroid dienone is 1. The van der Waals surface area contributed by atoms with Crippen LogP contribution in [0, 0.1) is 5.92 Å². The SMILES string of the molecule is C=C1C=CC(=O)N1CCCC(=O)CCCC(C)C. The molecule has 18 heavy (non-hydrogen) atoms. The lowest BCUT2D eigenvalue weighted by Gasteiger charge is -2.16. The standard InChI is InChI=1S/C15H23NO2/c1-12(2)6-4-7-14(17)8-5-11-16-13(3)9-10-15(16)18/h9-10,12H,3-8,11H2,1-2H3. The summed E-state index contributed by atoms with van der Waals surface area (Å²) in [7, 11) is 0. The zero-order valence-corrected chi connectivity index (χ0v) is 11.4. The molecule has 1 aliphatic rings. The molecule has 1 amide bonds. The van der Waals surface area contributed by atoms with Crippen LogP contribution in [0.25, 0.3) is 0 Å². The monoisotopic (exact) mass is 249 g/mol. The Kier molecular flexibility index (Phi) is 5.83. The van der Waals surface area contributed by atoms with E-state index in [1.54, 1.807) is 11.0 Å². The molecular weight excluding hydrogens is 226 g/mol. The average molecular weight is 249 g/mol. The molecule has 100 valence electrons. The van der Waals surface area contributed by atoms with Crippen LogP contribution in [0.5, 0.6) is 0 Å². The van der Waals surface area contributed by atoms with E-state index in [4.69, 9.17) is 0 Å². The normalized spacial score (nSPS) is 14.9. The smallest absolute Gasteiger partial charge is 0.251 e. The summed E-state index contributed by atoms with van der Waals surface area (Å²) < 4.78 is 0. The Labute approximate surface area is 110 Å². The van der Waals surface area contributed by atoms with Gasteiger partial charge in [0, 0.05) is 31.2 Å². The molecule has 0 fully saturated rings. The van der Waals surface area contributed by atoms with Crippen LogP contribution in [-0.4, -0.2) is 23.1 Å². The van der Waals surface area contributed by atoms with Gasteiger partial charge >= 0.3 is 0 Å². The first-order valence-electron chi connectivity index (χ1n) is 6.71. The molecule has 0 aromatic heterocycles. The summed E-state index contributed by atoms with van der Waals surface area (Å²) >= 11 is 0. The Morgan fingerprint density at radius 3 is 2.50 bits per heavy atom. The molecule has 0 saturated heterocycles. The Morgan fingerprint density at radius 1 is 1.28 bits per heavy atom. The van der Waals surface area contributed by atoms with Crippen molar-refractivity contribution in [3.8, 4) is 0 Å². The van der Waals surface area contributed by atoms with E-state index in [0.717, 1.165) is 25.0 Å². The lowest BCUT2D eigenvalue weighted by molar-refractivity contribution is -0.124. The van der Waals surface area contributed by atoms with Crippen molar-refractivity contribution < 1.29 is 9.59 Å². The minimum Gasteiger partial charge on any atom is -0.309 e. The fourth-order valence-corrected chi connectivity index (χ4v) is 2.01. The Bertz CT molecular complexity index is 338. The van der Waals surface area contributed by atoms with Crippen molar-refractivity contribution in [2.45, 2.75) is 46.0 Å². The molecule has 0 radical (unpaired) electrons. The number of hydrogen-bond acceptors (Lipinski definition) is 2. The number of Topliss-reactive ketones (excluding diaryl/α,β-unsaturated/α-hetero) is 1. The van der Waals surface area contributed by atoms with Crippen molar-refractivity contribution >= 4 is 11.7 Å². The third kappa shape index (κ3) is 4.86. The maximum absolute atomic E-state index is 11.6. The summed E-state index contributed by atoms with van der Waals surface area (Å²) in [5, 5.41) is 0. The van der Waals surface area contributed by atoms with E-state index >= 15 is 0 Å². The van der Waals surface area contributed by atoms with Crippen LogP contribution in [0.1, 0.15) is 46.0 Å². The highest BCUT2D eigenvalue weighted by molar-refractivity contribution is 5.93. The van der Waals surface area contributed by atoms with Gasteiger partial charge in [0.15, 0.2) is 0 Å². The van der Waals surface area contributed by atoms with Gasteiger partial charge < -0.3 is 4.90 Å². The summed E-state index contributed by atoms with van der Waals surface area (Å²) in [5.74, 6) is 0.947. The number of amides is 1. The highest BCUT2D eigenvalue weighted by Gasteiger charge is 2.17. The molecule has 0 spiro atoms. The molecule has 0 aromatic carbocycles. The van der Waals surface area contributed by atoms with Crippen LogP contribution >= 0.6 is 0 Å². The van der Waals surface area contributed by atoms with Crippen LogP contribution in [0.4, 0.5) is 0 Å². The number of ketones is 1. The lowest BCUT2D eigenvalue weighted by Crippen LogP contribution is -2.25. The maximum atomic E-state index is 11.6. The van der Waals surface area contributed by atoms with Gasteiger partial charge in [0.25, 0.3) is 5.91 Å². The van der Waals surface area contributed by atoms with E-state index in [-0.39, 0.29) is 5.91 Å². The van der Waals surface area contributed by atoms with Crippen molar-refractivity contribution in [1.29, 1.82) is 0 Å². The van der Waals surface area contributed by atoms with Gasteiger partial charge in [-0.1, -0.05) is 26.8 Å². The molecule has 1 heterocycles. The fraction of sp³-hybridized carbons (Fsp3) is 0.600. The van der Waals surface area contributed by atoms with Crippen LogP contribution in [-0.2, 0) is 9.59 Å².